The van der Waals surface area contributed by atoms with E-state index in [4.69, 9.17) is 0 Å². The standard InChI is InChI=1S/C27H36FNO2.C11H21N.C9H12O2/c1-15(2)9-19(6)27(31)29-25(13-20(7)30)24-14-22(10-16(3)21(24)8)26-17(4)11-23(28)12-18(26)5;1-2-8-12-9-4-7-11(10-12)5-3-6-11;1-4-5-6-9(7(2)10)8(3)11/h10-12,14-15,19,25H,9,13H2,1-8H3,(H,29,31);2-10H2,1H3;4-6H,1-3H3/b;;5-4-/t19-,25?;;/m0../s1. The summed E-state index contributed by atoms with van der Waals surface area (Å²) in [6, 6.07) is 6.84. The monoisotopic (exact) mass is 745 g/mol. The second-order valence-electron chi connectivity index (χ2n) is 16.4. The average molecular weight is 745 g/mol. The lowest BCUT2D eigenvalue weighted by atomic mass is 9.64. The highest BCUT2D eigenvalue weighted by molar-refractivity contribution is 6.18. The maximum Gasteiger partial charge on any atom is 0.223 e. The Balaban J connectivity index is 0.000000354. The lowest BCUT2D eigenvalue weighted by Gasteiger charge is -2.49. The third-order valence-corrected chi connectivity index (χ3v) is 10.9. The van der Waals surface area contributed by atoms with Gasteiger partial charge in [0, 0.05) is 18.9 Å². The molecule has 2 fully saturated rings. The molecule has 4 rings (SSSR count). The van der Waals surface area contributed by atoms with Gasteiger partial charge < -0.3 is 10.2 Å². The van der Waals surface area contributed by atoms with Gasteiger partial charge in [-0.1, -0.05) is 52.3 Å². The lowest BCUT2D eigenvalue weighted by Crippen LogP contribution is -2.47. The Bertz CT molecular complexity index is 1620. The molecule has 6 nitrogen and oxygen atoms in total. The number of aryl methyl sites for hydroxylation is 3. The van der Waals surface area contributed by atoms with Crippen LogP contribution in [0.4, 0.5) is 4.39 Å². The number of rotatable bonds is 13. The SMILES string of the molecule is C/C=C\C=C(C(C)=O)C(C)=O.CC(=O)CC(NC(=O)[C@@H](C)CC(C)C)c1cc(-c2c(C)cc(F)cc2C)cc(C)c1C.CCCN1CCCC2(CCC2)C1. The van der Waals surface area contributed by atoms with Crippen LogP contribution in [0.1, 0.15) is 141 Å². The minimum atomic E-state index is -0.390. The summed E-state index contributed by atoms with van der Waals surface area (Å²) in [5.74, 6) is -0.325. The number of nitrogens with one attached hydrogen (secondary N) is 1. The lowest BCUT2D eigenvalue weighted by molar-refractivity contribution is -0.126. The van der Waals surface area contributed by atoms with Crippen LogP contribution in [0.5, 0.6) is 0 Å². The molecule has 0 aromatic heterocycles. The minimum Gasteiger partial charge on any atom is -0.349 e. The molecule has 2 aliphatic rings. The number of allylic oxidation sites excluding steroid dienone is 4. The number of likely N-dealkylation sites (tertiary alicyclic amines) is 1. The second kappa shape index (κ2) is 22.0. The van der Waals surface area contributed by atoms with E-state index in [2.05, 4.69) is 43.1 Å². The summed E-state index contributed by atoms with van der Waals surface area (Å²) in [6.07, 6.45) is 14.9. The molecule has 1 N–H and O–H groups in total. The first-order valence-electron chi connectivity index (χ1n) is 20.1. The maximum absolute atomic E-state index is 13.8. The summed E-state index contributed by atoms with van der Waals surface area (Å²) in [5, 5.41) is 3.14. The Morgan fingerprint density at radius 1 is 0.889 bits per heavy atom. The Hall–Kier alpha value is -3.71. The highest BCUT2D eigenvalue weighted by Crippen LogP contribution is 2.47. The van der Waals surface area contributed by atoms with E-state index < -0.39 is 0 Å². The molecule has 1 heterocycles. The molecule has 2 aromatic carbocycles. The zero-order chi connectivity index (χ0) is 40.7. The normalized spacial score (nSPS) is 16.0. The van der Waals surface area contributed by atoms with Crippen molar-refractivity contribution in [1.29, 1.82) is 0 Å². The number of ketones is 3. The Morgan fingerprint density at radius 2 is 1.48 bits per heavy atom. The number of nitrogens with zero attached hydrogens (tertiary/aromatic N) is 1. The van der Waals surface area contributed by atoms with Gasteiger partial charge in [0.1, 0.15) is 11.6 Å². The van der Waals surface area contributed by atoms with Gasteiger partial charge in [0.25, 0.3) is 0 Å². The zero-order valence-corrected chi connectivity index (χ0v) is 35.5. The van der Waals surface area contributed by atoms with Gasteiger partial charge >= 0.3 is 0 Å². The van der Waals surface area contributed by atoms with Crippen molar-refractivity contribution in [2.24, 2.45) is 17.3 Å². The number of amides is 1. The first-order valence-corrected chi connectivity index (χ1v) is 20.1. The molecule has 298 valence electrons. The van der Waals surface area contributed by atoms with E-state index in [1.54, 1.807) is 31.2 Å². The molecule has 1 aliphatic heterocycles. The van der Waals surface area contributed by atoms with Crippen LogP contribution in [0, 0.1) is 50.8 Å². The van der Waals surface area contributed by atoms with Crippen LogP contribution in [0.3, 0.4) is 0 Å². The van der Waals surface area contributed by atoms with Crippen LogP contribution in [-0.2, 0) is 19.2 Å². The van der Waals surface area contributed by atoms with E-state index >= 15 is 0 Å². The van der Waals surface area contributed by atoms with Gasteiger partial charge in [0.05, 0.1) is 11.6 Å². The van der Waals surface area contributed by atoms with E-state index in [9.17, 15) is 23.6 Å². The Morgan fingerprint density at radius 3 is 1.96 bits per heavy atom. The van der Waals surface area contributed by atoms with Crippen molar-refractivity contribution in [1.82, 2.24) is 10.2 Å². The number of hydrogen-bond donors (Lipinski definition) is 1. The van der Waals surface area contributed by atoms with Crippen LogP contribution in [0.2, 0.25) is 0 Å². The van der Waals surface area contributed by atoms with Gasteiger partial charge in [-0.3, -0.25) is 19.2 Å². The number of carbonyl (C=O) groups is 4. The molecule has 2 aromatic rings. The molecule has 1 saturated carbocycles. The van der Waals surface area contributed by atoms with Crippen LogP contribution in [0.15, 0.2) is 48.1 Å². The highest BCUT2D eigenvalue weighted by Gasteiger charge is 2.39. The average Bonchev–Trinajstić information content (AvgIpc) is 3.05. The molecule has 7 heteroatoms. The summed E-state index contributed by atoms with van der Waals surface area (Å²) in [6.45, 7) is 26.6. The molecule has 54 heavy (non-hydrogen) atoms. The number of benzene rings is 2. The molecule has 0 bridgehead atoms. The minimum absolute atomic E-state index is 0.0263. The van der Waals surface area contributed by atoms with Gasteiger partial charge in [-0.25, -0.2) is 4.39 Å². The van der Waals surface area contributed by atoms with Crippen LogP contribution in [0.25, 0.3) is 11.1 Å². The fourth-order valence-corrected chi connectivity index (χ4v) is 7.99. The summed E-state index contributed by atoms with van der Waals surface area (Å²) < 4.78 is 13.8. The Kier molecular flexibility index (Phi) is 18.9. The largest absolute Gasteiger partial charge is 0.349 e. The molecule has 1 amide bonds. The number of piperidine rings is 1. The first kappa shape index (κ1) is 46.4. The summed E-state index contributed by atoms with van der Waals surface area (Å²) >= 11 is 0. The van der Waals surface area contributed by atoms with E-state index in [1.165, 1.54) is 78.1 Å². The van der Waals surface area contributed by atoms with Gasteiger partial charge in [-0.05, 0) is 182 Å². The summed E-state index contributed by atoms with van der Waals surface area (Å²) in [5.41, 5.74) is 7.83. The molecule has 1 aliphatic carbocycles. The molecule has 1 unspecified atom stereocenters. The van der Waals surface area contributed by atoms with E-state index in [1.807, 2.05) is 41.5 Å². The van der Waals surface area contributed by atoms with Crippen LogP contribution >= 0.6 is 0 Å². The van der Waals surface area contributed by atoms with Crippen molar-refractivity contribution in [3.63, 3.8) is 0 Å². The van der Waals surface area contributed by atoms with Crippen molar-refractivity contribution >= 4 is 23.3 Å². The van der Waals surface area contributed by atoms with Crippen LogP contribution in [-0.4, -0.2) is 47.8 Å². The number of Topliss-reactive ketones (excluding diaryl/α,β-unsaturated/α-hetero) is 3. The van der Waals surface area contributed by atoms with Gasteiger partial charge in [0.2, 0.25) is 5.91 Å². The quantitative estimate of drug-likeness (QED) is 0.0955. The zero-order valence-electron chi connectivity index (χ0n) is 35.5. The van der Waals surface area contributed by atoms with Crippen molar-refractivity contribution in [3.8, 4) is 11.1 Å². The first-order chi connectivity index (χ1) is 25.3. The third kappa shape index (κ3) is 14.2. The number of halogens is 1. The second-order valence-corrected chi connectivity index (χ2v) is 16.4. The molecule has 1 spiro atoms. The molecular weight excluding hydrogens is 676 g/mol. The molecule has 1 saturated heterocycles. The fourth-order valence-electron chi connectivity index (χ4n) is 7.99. The summed E-state index contributed by atoms with van der Waals surface area (Å²) in [7, 11) is 0. The van der Waals surface area contributed by atoms with Crippen LogP contribution < -0.4 is 5.32 Å². The number of hydrogen-bond acceptors (Lipinski definition) is 5. The van der Waals surface area contributed by atoms with Gasteiger partial charge in [0.15, 0.2) is 11.6 Å². The van der Waals surface area contributed by atoms with E-state index in [0.717, 1.165) is 50.8 Å². The highest BCUT2D eigenvalue weighted by atomic mass is 19.1. The van der Waals surface area contributed by atoms with Gasteiger partial charge in [-0.15, -0.1) is 0 Å². The van der Waals surface area contributed by atoms with Crippen molar-refractivity contribution < 1.29 is 23.6 Å². The number of carbonyl (C=O) groups excluding carboxylic acids is 4. The van der Waals surface area contributed by atoms with Crippen molar-refractivity contribution in [3.05, 3.63) is 81.7 Å². The predicted octanol–water partition coefficient (Wildman–Crippen LogP) is 10.9. The van der Waals surface area contributed by atoms with Crippen molar-refractivity contribution in [2.45, 2.75) is 140 Å². The Labute approximate surface area is 326 Å². The maximum atomic E-state index is 13.8. The molecule has 0 radical (unpaired) electrons. The van der Waals surface area contributed by atoms with Crippen molar-refractivity contribution in [2.75, 3.05) is 19.6 Å². The topological polar surface area (TPSA) is 83.5 Å². The fraction of sp³-hybridized carbons (Fsp3) is 0.574. The summed E-state index contributed by atoms with van der Waals surface area (Å²) in [4.78, 5) is 49.2. The smallest absolute Gasteiger partial charge is 0.223 e. The third-order valence-electron chi connectivity index (χ3n) is 10.9. The molecular formula is C47H69FN2O4. The van der Waals surface area contributed by atoms with E-state index in [0.29, 0.717) is 5.92 Å². The molecule has 2 atom stereocenters. The van der Waals surface area contributed by atoms with Gasteiger partial charge in [-0.2, -0.15) is 0 Å². The van der Waals surface area contributed by atoms with E-state index in [-0.39, 0.29) is 53.0 Å². The predicted molar refractivity (Wildman–Crippen MR) is 222 cm³/mol.